The third-order valence-electron chi connectivity index (χ3n) is 5.80. The van der Waals surface area contributed by atoms with E-state index in [1.54, 1.807) is 23.9 Å². The van der Waals surface area contributed by atoms with Gasteiger partial charge in [-0.25, -0.2) is 9.37 Å². The lowest BCUT2D eigenvalue weighted by Crippen LogP contribution is -2.02. The predicted molar refractivity (Wildman–Crippen MR) is 130 cm³/mol. The van der Waals surface area contributed by atoms with E-state index in [4.69, 9.17) is 5.73 Å². The highest BCUT2D eigenvalue weighted by atomic mass is 32.1. The number of nitrogens with two attached hydrogens (primary N) is 1. The van der Waals surface area contributed by atoms with Crippen molar-refractivity contribution in [2.24, 2.45) is 5.73 Å². The van der Waals surface area contributed by atoms with Crippen LogP contribution >= 0.6 is 11.3 Å². The number of benzene rings is 3. The number of thiophene rings is 1. The van der Waals surface area contributed by atoms with Crippen LogP contribution in [0.25, 0.3) is 48.2 Å². The normalized spacial score (nSPS) is 11.7. The van der Waals surface area contributed by atoms with Crippen molar-refractivity contribution in [2.75, 3.05) is 6.54 Å². The van der Waals surface area contributed by atoms with Crippen LogP contribution in [-0.4, -0.2) is 21.1 Å². The Balaban J connectivity index is 1.57. The molecule has 3 heterocycles. The highest BCUT2D eigenvalue weighted by Crippen LogP contribution is 2.37. The zero-order valence-electron chi connectivity index (χ0n) is 17.1. The molecule has 2 N–H and O–H groups in total. The molecular weight excluding hydrogens is 419 g/mol. The van der Waals surface area contributed by atoms with E-state index in [0.29, 0.717) is 17.6 Å². The summed E-state index contributed by atoms with van der Waals surface area (Å²) in [7, 11) is 0. The van der Waals surface area contributed by atoms with Crippen molar-refractivity contribution in [3.63, 3.8) is 0 Å². The van der Waals surface area contributed by atoms with E-state index in [1.165, 1.54) is 11.6 Å². The van der Waals surface area contributed by atoms with Gasteiger partial charge in [-0.15, -0.1) is 11.3 Å². The van der Waals surface area contributed by atoms with Crippen molar-refractivity contribution in [2.45, 2.75) is 6.42 Å². The fraction of sp³-hybridized carbons (Fsp3) is 0.0769. The van der Waals surface area contributed by atoms with Gasteiger partial charge in [0.25, 0.3) is 0 Å². The van der Waals surface area contributed by atoms with E-state index >= 15 is 4.39 Å². The van der Waals surface area contributed by atoms with E-state index in [1.807, 2.05) is 28.8 Å². The van der Waals surface area contributed by atoms with Crippen LogP contribution < -0.4 is 5.73 Å². The summed E-state index contributed by atoms with van der Waals surface area (Å²) in [4.78, 5) is 9.92. The molecule has 0 atom stereocenters. The smallest absolute Gasteiger partial charge is 0.134 e. The van der Waals surface area contributed by atoms with Crippen LogP contribution in [0.2, 0.25) is 0 Å². The molecule has 0 fully saturated rings. The molecule has 0 saturated heterocycles. The lowest BCUT2D eigenvalue weighted by molar-refractivity contribution is 0.633. The number of nitrogens with zero attached hydrogens (tertiary/aromatic N) is 3. The maximum Gasteiger partial charge on any atom is 0.134 e. The first-order chi connectivity index (χ1) is 15.7. The van der Waals surface area contributed by atoms with Crippen LogP contribution in [0, 0.1) is 5.82 Å². The number of hydrogen-bond donors (Lipinski definition) is 1. The molecule has 3 aromatic heterocycles. The first-order valence-electron chi connectivity index (χ1n) is 10.4. The van der Waals surface area contributed by atoms with Crippen LogP contribution in [0.3, 0.4) is 0 Å². The van der Waals surface area contributed by atoms with Crippen molar-refractivity contribution in [1.29, 1.82) is 0 Å². The summed E-state index contributed by atoms with van der Waals surface area (Å²) < 4.78 is 18.3. The molecule has 0 spiro atoms. The Morgan fingerprint density at radius 1 is 0.938 bits per heavy atom. The van der Waals surface area contributed by atoms with E-state index in [0.717, 1.165) is 43.5 Å². The van der Waals surface area contributed by atoms with Crippen LogP contribution in [0.15, 0.2) is 79.3 Å². The van der Waals surface area contributed by atoms with Crippen LogP contribution in [-0.2, 0) is 6.42 Å². The van der Waals surface area contributed by atoms with E-state index in [9.17, 15) is 0 Å². The molecule has 32 heavy (non-hydrogen) atoms. The number of fused-ring (bicyclic) bond motifs is 4. The van der Waals surface area contributed by atoms with Gasteiger partial charge >= 0.3 is 0 Å². The predicted octanol–water partition coefficient (Wildman–Crippen LogP) is 6.10. The molecule has 4 nitrogen and oxygen atoms in total. The number of aromatic nitrogens is 3. The largest absolute Gasteiger partial charge is 0.330 e. The second-order valence-corrected chi connectivity index (χ2v) is 8.89. The topological polar surface area (TPSA) is 56.7 Å². The van der Waals surface area contributed by atoms with Crippen molar-refractivity contribution >= 4 is 43.4 Å². The summed E-state index contributed by atoms with van der Waals surface area (Å²) >= 11 is 1.59. The number of hydrogen-bond acceptors (Lipinski definition) is 4. The minimum atomic E-state index is -0.270. The van der Waals surface area contributed by atoms with Crippen LogP contribution in [0.5, 0.6) is 0 Å². The molecule has 3 aromatic carbocycles. The summed E-state index contributed by atoms with van der Waals surface area (Å²) in [5.41, 5.74) is 10.8. The molecule has 6 heteroatoms. The van der Waals surface area contributed by atoms with E-state index in [2.05, 4.69) is 46.4 Å². The molecule has 156 valence electrons. The van der Waals surface area contributed by atoms with Gasteiger partial charge in [0.05, 0.1) is 17.2 Å². The number of imidazole rings is 1. The van der Waals surface area contributed by atoms with Crippen molar-refractivity contribution in [1.82, 2.24) is 14.5 Å². The SMILES string of the molecule is NCCc1ccc(-n2cnc3cnc4cc(F)c(-c5cc6ccccc6s5)cc4c32)cc1. The van der Waals surface area contributed by atoms with Crippen LogP contribution in [0.1, 0.15) is 5.56 Å². The quantitative estimate of drug-likeness (QED) is 0.362. The molecule has 0 bridgehead atoms. The monoisotopic (exact) mass is 438 g/mol. The number of rotatable bonds is 4. The molecule has 0 aliphatic heterocycles. The molecule has 0 radical (unpaired) electrons. The number of pyridine rings is 1. The summed E-state index contributed by atoms with van der Waals surface area (Å²) in [5, 5.41) is 1.99. The molecule has 0 amide bonds. The molecule has 6 rings (SSSR count). The molecule has 0 saturated carbocycles. The van der Waals surface area contributed by atoms with Gasteiger partial charge in [0.2, 0.25) is 0 Å². The Labute approximate surface area is 187 Å². The summed E-state index contributed by atoms with van der Waals surface area (Å²) in [5.74, 6) is -0.270. The fourth-order valence-corrected chi connectivity index (χ4v) is 5.28. The Morgan fingerprint density at radius 3 is 2.59 bits per heavy atom. The molecule has 0 aliphatic rings. The minimum Gasteiger partial charge on any atom is -0.330 e. The van der Waals surface area contributed by atoms with Crippen molar-refractivity contribution in [3.8, 4) is 16.1 Å². The number of halogens is 1. The highest BCUT2D eigenvalue weighted by molar-refractivity contribution is 7.22. The second kappa shape index (κ2) is 7.51. The van der Waals surface area contributed by atoms with Crippen LogP contribution in [0.4, 0.5) is 4.39 Å². The van der Waals surface area contributed by atoms with Gasteiger partial charge in [-0.3, -0.25) is 9.55 Å². The summed E-state index contributed by atoms with van der Waals surface area (Å²) in [6.45, 7) is 0.621. The van der Waals surface area contributed by atoms with Gasteiger partial charge in [-0.2, -0.15) is 0 Å². The van der Waals surface area contributed by atoms with Crippen molar-refractivity contribution in [3.05, 3.63) is 90.6 Å². The average Bonchev–Trinajstić information content (AvgIpc) is 3.44. The first kappa shape index (κ1) is 19.1. The van der Waals surface area contributed by atoms with Gasteiger partial charge in [-0.1, -0.05) is 30.3 Å². The molecular formula is C26H19FN4S. The molecule has 6 aromatic rings. The first-order valence-corrected chi connectivity index (χ1v) is 11.3. The fourth-order valence-electron chi connectivity index (χ4n) is 4.20. The highest BCUT2D eigenvalue weighted by Gasteiger charge is 2.16. The lowest BCUT2D eigenvalue weighted by Gasteiger charge is -2.09. The van der Waals surface area contributed by atoms with E-state index < -0.39 is 0 Å². The third-order valence-corrected chi connectivity index (χ3v) is 6.95. The Hall–Kier alpha value is -3.61. The summed E-state index contributed by atoms with van der Waals surface area (Å²) in [6, 6.07) is 21.9. The maximum atomic E-state index is 15.1. The zero-order valence-corrected chi connectivity index (χ0v) is 17.9. The van der Waals surface area contributed by atoms with Crippen molar-refractivity contribution < 1.29 is 4.39 Å². The minimum absolute atomic E-state index is 0.270. The second-order valence-electron chi connectivity index (χ2n) is 7.81. The summed E-state index contributed by atoms with van der Waals surface area (Å²) in [6.07, 6.45) is 4.34. The van der Waals surface area contributed by atoms with Gasteiger partial charge < -0.3 is 5.73 Å². The van der Waals surface area contributed by atoms with Gasteiger partial charge in [0, 0.05) is 32.3 Å². The molecule has 0 unspecified atom stereocenters. The Kier molecular flexibility index (Phi) is 4.48. The Bertz CT molecular complexity index is 1560. The third kappa shape index (κ3) is 3.07. The standard InChI is InChI=1S/C26H19FN4S/c27-21-13-22-20(12-19(21)25-11-17-3-1-2-4-24(17)32-25)26-23(14-29-22)30-15-31(26)18-7-5-16(6-8-18)9-10-28/h1-8,11-15H,9-10,28H2. The van der Waals surface area contributed by atoms with E-state index in [-0.39, 0.29) is 5.82 Å². The van der Waals surface area contributed by atoms with Gasteiger partial charge in [-0.05, 0) is 54.2 Å². The maximum absolute atomic E-state index is 15.1. The Morgan fingerprint density at radius 2 is 1.78 bits per heavy atom. The van der Waals surface area contributed by atoms with Gasteiger partial charge in [0.15, 0.2) is 0 Å². The molecule has 0 aliphatic carbocycles. The lowest BCUT2D eigenvalue weighted by atomic mass is 10.1. The zero-order chi connectivity index (χ0) is 21.7. The average molecular weight is 439 g/mol. The van der Waals surface area contributed by atoms with Gasteiger partial charge in [0.1, 0.15) is 17.7 Å².